The normalized spacial score (nSPS) is 11.6. The van der Waals surface area contributed by atoms with Crippen molar-refractivity contribution in [2.45, 2.75) is 53.4 Å². The molecule has 0 saturated carbocycles. The second-order valence-corrected chi connectivity index (χ2v) is 16.0. The molecule has 2 aromatic heterocycles. The fraction of sp³-hybridized carbons (Fsp3) is 0.176. The van der Waals surface area contributed by atoms with Gasteiger partial charge in [0.2, 0.25) is 0 Å². The Kier molecular flexibility index (Phi) is 11.0. The summed E-state index contributed by atoms with van der Waals surface area (Å²) in [6.07, 6.45) is 2.82. The zero-order chi connectivity index (χ0) is 38.3. The SMILES string of the molecule is Cc1ccc(-c2ccnc(-c3[c-]c(-c4cccc5c4nc(-c4ccccc4O)n5-c4ccc(-c5ccccc5)c(CC(C)C)c4)cc(C(C)(C)C)c3)c2)cc1.[Pt]. The number of aromatic nitrogens is 3. The predicted molar refractivity (Wildman–Crippen MR) is 229 cm³/mol. The van der Waals surface area contributed by atoms with Gasteiger partial charge in [-0.25, -0.2) is 4.98 Å². The first kappa shape index (κ1) is 38.7. The monoisotopic (exact) mass is 911 g/mol. The molecule has 0 spiro atoms. The van der Waals surface area contributed by atoms with Gasteiger partial charge in [0, 0.05) is 38.6 Å². The van der Waals surface area contributed by atoms with Gasteiger partial charge in [-0.15, -0.1) is 29.3 Å². The Balaban J connectivity index is 0.00000480. The van der Waals surface area contributed by atoms with Gasteiger partial charge in [-0.3, -0.25) is 9.55 Å². The van der Waals surface area contributed by atoms with Crippen LogP contribution in [-0.4, -0.2) is 19.6 Å². The Morgan fingerprint density at radius 1 is 0.679 bits per heavy atom. The number of phenols is 1. The van der Waals surface area contributed by atoms with Crippen molar-refractivity contribution < 1.29 is 26.2 Å². The summed E-state index contributed by atoms with van der Waals surface area (Å²) in [4.78, 5) is 10.2. The fourth-order valence-electron chi connectivity index (χ4n) is 7.44. The molecule has 0 bridgehead atoms. The van der Waals surface area contributed by atoms with E-state index in [-0.39, 0.29) is 32.2 Å². The largest absolute Gasteiger partial charge is 0.507 e. The summed E-state index contributed by atoms with van der Waals surface area (Å²) in [6.45, 7) is 13.4. The van der Waals surface area contributed by atoms with Gasteiger partial charge >= 0.3 is 0 Å². The number of pyridine rings is 1. The molecule has 0 amide bonds. The number of rotatable bonds is 8. The first-order chi connectivity index (χ1) is 26.5. The van der Waals surface area contributed by atoms with E-state index in [1.54, 1.807) is 6.07 Å². The van der Waals surface area contributed by atoms with Crippen LogP contribution in [0.3, 0.4) is 0 Å². The van der Waals surface area contributed by atoms with Crippen LogP contribution in [0.25, 0.3) is 72.7 Å². The van der Waals surface area contributed by atoms with Gasteiger partial charge in [-0.1, -0.05) is 142 Å². The van der Waals surface area contributed by atoms with Gasteiger partial charge in [0.1, 0.15) is 11.6 Å². The minimum Gasteiger partial charge on any atom is -0.507 e. The van der Waals surface area contributed by atoms with Crippen molar-refractivity contribution in [2.24, 2.45) is 5.92 Å². The molecule has 0 aliphatic carbocycles. The predicted octanol–water partition coefficient (Wildman–Crippen LogP) is 13.1. The molecule has 0 fully saturated rings. The average Bonchev–Trinajstić information content (AvgIpc) is 3.58. The third-order valence-electron chi connectivity index (χ3n) is 10.3. The Morgan fingerprint density at radius 3 is 2.12 bits per heavy atom. The van der Waals surface area contributed by atoms with Gasteiger partial charge in [0.15, 0.2) is 0 Å². The van der Waals surface area contributed by atoms with E-state index in [1.807, 2.05) is 24.4 Å². The number of fused-ring (bicyclic) bond motifs is 1. The molecule has 0 radical (unpaired) electrons. The van der Waals surface area contributed by atoms with Crippen LogP contribution in [0.1, 0.15) is 51.3 Å². The number of para-hydroxylation sites is 2. The number of imidazole rings is 1. The molecule has 0 atom stereocenters. The Labute approximate surface area is 345 Å². The quantitative estimate of drug-likeness (QED) is 0.155. The third kappa shape index (κ3) is 7.77. The van der Waals surface area contributed by atoms with E-state index in [4.69, 9.17) is 9.97 Å². The van der Waals surface area contributed by atoms with Gasteiger partial charge in [-0.05, 0) is 88.9 Å². The number of hydrogen-bond acceptors (Lipinski definition) is 3. The summed E-state index contributed by atoms with van der Waals surface area (Å²) >= 11 is 0. The number of aromatic hydroxyl groups is 1. The van der Waals surface area contributed by atoms with Gasteiger partial charge in [-0.2, -0.15) is 0 Å². The number of nitrogens with zero attached hydrogens (tertiary/aromatic N) is 3. The molecular weight excluding hydrogens is 866 g/mol. The van der Waals surface area contributed by atoms with Gasteiger partial charge in [0.05, 0.1) is 16.6 Å². The molecule has 0 aliphatic rings. The average molecular weight is 912 g/mol. The van der Waals surface area contributed by atoms with Crippen LogP contribution < -0.4 is 0 Å². The number of phenolic OH excluding ortho intramolecular Hbond substituents is 1. The van der Waals surface area contributed by atoms with Gasteiger partial charge in [0.25, 0.3) is 0 Å². The molecule has 56 heavy (non-hydrogen) atoms. The maximum atomic E-state index is 11.3. The second-order valence-electron chi connectivity index (χ2n) is 16.0. The van der Waals surface area contributed by atoms with Crippen molar-refractivity contribution in [3.63, 3.8) is 0 Å². The van der Waals surface area contributed by atoms with E-state index in [0.717, 1.165) is 56.7 Å². The van der Waals surface area contributed by atoms with Crippen LogP contribution in [0.15, 0.2) is 146 Å². The molecule has 0 saturated heterocycles. The van der Waals surface area contributed by atoms with E-state index >= 15 is 0 Å². The van der Waals surface area contributed by atoms with Crippen molar-refractivity contribution >= 4 is 11.0 Å². The fourth-order valence-corrected chi connectivity index (χ4v) is 7.44. The van der Waals surface area contributed by atoms with Crippen molar-refractivity contribution in [3.05, 3.63) is 168 Å². The summed E-state index contributed by atoms with van der Waals surface area (Å²) in [5.74, 6) is 1.34. The topological polar surface area (TPSA) is 50.9 Å². The first-order valence-corrected chi connectivity index (χ1v) is 19.1. The van der Waals surface area contributed by atoms with Crippen molar-refractivity contribution in [1.29, 1.82) is 0 Å². The van der Waals surface area contributed by atoms with Crippen molar-refractivity contribution in [1.82, 2.24) is 14.5 Å². The first-order valence-electron chi connectivity index (χ1n) is 19.1. The van der Waals surface area contributed by atoms with Crippen LogP contribution in [0.5, 0.6) is 5.75 Å². The zero-order valence-electron chi connectivity index (χ0n) is 32.7. The Hall–Kier alpha value is -5.57. The van der Waals surface area contributed by atoms with Crippen LogP contribution in [0.4, 0.5) is 0 Å². The molecule has 282 valence electrons. The molecule has 6 aromatic carbocycles. The molecule has 8 aromatic rings. The van der Waals surface area contributed by atoms with Crippen LogP contribution in [0.2, 0.25) is 0 Å². The van der Waals surface area contributed by atoms with Crippen LogP contribution in [0, 0.1) is 18.9 Å². The van der Waals surface area contributed by atoms with E-state index in [0.29, 0.717) is 17.3 Å². The Morgan fingerprint density at radius 2 is 1.39 bits per heavy atom. The van der Waals surface area contributed by atoms with Crippen LogP contribution >= 0.6 is 0 Å². The van der Waals surface area contributed by atoms with E-state index in [1.165, 1.54) is 27.8 Å². The Bertz CT molecular complexity index is 2650. The number of aryl methyl sites for hydroxylation is 1. The maximum Gasteiger partial charge on any atom is 0.148 e. The third-order valence-corrected chi connectivity index (χ3v) is 10.3. The van der Waals surface area contributed by atoms with Crippen molar-refractivity contribution in [3.8, 4) is 67.5 Å². The molecule has 0 unspecified atom stereocenters. The standard InChI is InChI=1S/C51H46N3O.Pt/c1-33(2)27-38-31-42(23-24-43(38)36-13-8-7-9-14-36)54-47-17-12-16-44(49(47)53-50(54)45-15-10-11-18-48(45)55)39-28-40(30-41(29-39)51(4,5)6)46-32-37(25-26-52-46)35-21-19-34(3)20-22-35;/h7-26,29-33,55H,27H2,1-6H3;/q-1;. The minimum absolute atomic E-state index is 0. The molecule has 2 heterocycles. The molecule has 0 aliphatic heterocycles. The minimum atomic E-state index is -0.130. The summed E-state index contributed by atoms with van der Waals surface area (Å²) in [5.41, 5.74) is 15.5. The van der Waals surface area contributed by atoms with E-state index < -0.39 is 0 Å². The molecule has 8 rings (SSSR count). The molecule has 5 heteroatoms. The van der Waals surface area contributed by atoms with E-state index in [2.05, 4.69) is 167 Å². The second kappa shape index (κ2) is 15.9. The summed E-state index contributed by atoms with van der Waals surface area (Å²) in [5, 5.41) is 11.3. The zero-order valence-corrected chi connectivity index (χ0v) is 35.0. The maximum absolute atomic E-state index is 11.3. The molecule has 4 nitrogen and oxygen atoms in total. The molecular formula is C51H46N3OPt-. The summed E-state index contributed by atoms with van der Waals surface area (Å²) in [6, 6.07) is 52.2. The van der Waals surface area contributed by atoms with Crippen molar-refractivity contribution in [2.75, 3.05) is 0 Å². The van der Waals surface area contributed by atoms with Crippen LogP contribution in [-0.2, 0) is 32.9 Å². The summed E-state index contributed by atoms with van der Waals surface area (Å²) in [7, 11) is 0. The summed E-state index contributed by atoms with van der Waals surface area (Å²) < 4.78 is 2.20. The number of benzene rings is 6. The molecule has 1 N–H and O–H groups in total. The number of hydrogen-bond donors (Lipinski definition) is 1. The van der Waals surface area contributed by atoms with E-state index in [9.17, 15) is 5.11 Å². The van der Waals surface area contributed by atoms with Gasteiger partial charge < -0.3 is 5.11 Å². The smallest absolute Gasteiger partial charge is 0.148 e.